The van der Waals surface area contributed by atoms with Gasteiger partial charge in [-0.15, -0.1) is 0 Å². The van der Waals surface area contributed by atoms with Gasteiger partial charge in [-0.05, 0) is 104 Å². The van der Waals surface area contributed by atoms with Crippen LogP contribution in [-0.4, -0.2) is 46.4 Å². The molecular formula is C27H41BN2O4. The van der Waals surface area contributed by atoms with Gasteiger partial charge in [0.1, 0.15) is 5.60 Å². The van der Waals surface area contributed by atoms with Crippen molar-refractivity contribution in [1.82, 2.24) is 9.88 Å². The van der Waals surface area contributed by atoms with E-state index in [0.717, 1.165) is 43.4 Å². The molecule has 4 unspecified atom stereocenters. The third-order valence-corrected chi connectivity index (χ3v) is 8.98. The predicted octanol–water partition coefficient (Wildman–Crippen LogP) is 4.83. The third-order valence-electron chi connectivity index (χ3n) is 8.98. The second-order valence-electron chi connectivity index (χ2n) is 13.2. The van der Waals surface area contributed by atoms with E-state index in [4.69, 9.17) is 19.0 Å². The Morgan fingerprint density at radius 3 is 2.53 bits per heavy atom. The van der Waals surface area contributed by atoms with E-state index in [0.29, 0.717) is 17.8 Å². The molecule has 186 valence electrons. The smallest absolute Gasteiger partial charge is 0.444 e. The Kier molecular flexibility index (Phi) is 5.46. The van der Waals surface area contributed by atoms with Gasteiger partial charge >= 0.3 is 13.2 Å². The number of hydrogen-bond donors (Lipinski definition) is 0. The summed E-state index contributed by atoms with van der Waals surface area (Å²) < 4.78 is 18.7. The largest absolute Gasteiger partial charge is 0.496 e. The average molecular weight is 468 g/mol. The normalized spacial score (nSPS) is 33.8. The van der Waals surface area contributed by atoms with Crippen molar-refractivity contribution in [1.29, 1.82) is 0 Å². The molecule has 1 aromatic heterocycles. The lowest BCUT2D eigenvalue weighted by Crippen LogP contribution is -2.64. The molecule has 3 heterocycles. The molecular weight excluding hydrogens is 427 g/mol. The first-order valence-electron chi connectivity index (χ1n) is 13.1. The van der Waals surface area contributed by atoms with Crippen LogP contribution < -0.4 is 5.46 Å². The monoisotopic (exact) mass is 468 g/mol. The molecule has 2 aliphatic carbocycles. The summed E-state index contributed by atoms with van der Waals surface area (Å²) in [5.74, 6) is 1.53. The van der Waals surface area contributed by atoms with E-state index in [2.05, 4.69) is 45.6 Å². The highest BCUT2D eigenvalue weighted by molar-refractivity contribution is 6.62. The van der Waals surface area contributed by atoms with Gasteiger partial charge in [0.15, 0.2) is 0 Å². The summed E-state index contributed by atoms with van der Waals surface area (Å²) in [7, 11) is -0.463. The second kappa shape index (κ2) is 7.70. The van der Waals surface area contributed by atoms with Gasteiger partial charge in [-0.3, -0.25) is 9.88 Å². The molecule has 6 nitrogen and oxygen atoms in total. The van der Waals surface area contributed by atoms with Gasteiger partial charge in [-0.1, -0.05) is 13.0 Å². The molecule has 0 radical (unpaired) electrons. The van der Waals surface area contributed by atoms with Crippen LogP contribution in [0, 0.1) is 17.8 Å². The van der Waals surface area contributed by atoms with Crippen LogP contribution in [0.3, 0.4) is 0 Å². The molecule has 1 amide bonds. The Morgan fingerprint density at radius 1 is 1.21 bits per heavy atom. The van der Waals surface area contributed by atoms with Crippen LogP contribution in [-0.2, 0) is 26.0 Å². The topological polar surface area (TPSA) is 60.9 Å². The van der Waals surface area contributed by atoms with Gasteiger partial charge in [0.25, 0.3) is 0 Å². The van der Waals surface area contributed by atoms with Crippen molar-refractivity contribution >= 4 is 18.7 Å². The van der Waals surface area contributed by atoms with E-state index in [9.17, 15) is 4.79 Å². The molecule has 1 aromatic rings. The number of hydrogen-bond acceptors (Lipinski definition) is 5. The number of amides is 1. The fraction of sp³-hybridized carbons (Fsp3) is 0.778. The summed E-state index contributed by atoms with van der Waals surface area (Å²) in [6, 6.07) is 2.24. The lowest BCUT2D eigenvalue weighted by molar-refractivity contribution is -0.0933. The molecule has 1 saturated carbocycles. The lowest BCUT2D eigenvalue weighted by atomic mass is 9.53. The minimum absolute atomic E-state index is 0.195. The second-order valence-corrected chi connectivity index (χ2v) is 13.2. The summed E-state index contributed by atoms with van der Waals surface area (Å²) in [6.07, 6.45) is 7.05. The van der Waals surface area contributed by atoms with Crippen molar-refractivity contribution in [3.05, 3.63) is 23.5 Å². The first-order valence-corrected chi connectivity index (χ1v) is 13.1. The van der Waals surface area contributed by atoms with Crippen molar-refractivity contribution in [3.8, 4) is 0 Å². The number of likely N-dealkylation sites (tertiary alicyclic amines) is 1. The SMILES string of the molecule is CC1CC2Cc3ncc(B4OC(C)(C)C(C)(C)O4)cc3C3(C1)C2CCCN3C(=O)OC(C)(C)C. The maximum absolute atomic E-state index is 13.6. The van der Waals surface area contributed by atoms with Gasteiger partial charge in [-0.2, -0.15) is 0 Å². The fourth-order valence-electron chi connectivity index (χ4n) is 6.95. The van der Waals surface area contributed by atoms with Crippen molar-refractivity contribution in [2.24, 2.45) is 17.8 Å². The number of carbonyl (C=O) groups is 1. The molecule has 3 fully saturated rings. The number of piperidine rings is 1. The number of pyridine rings is 1. The first kappa shape index (κ1) is 24.1. The van der Waals surface area contributed by atoms with Crippen molar-refractivity contribution in [3.63, 3.8) is 0 Å². The van der Waals surface area contributed by atoms with Crippen LogP contribution in [0.4, 0.5) is 4.79 Å². The van der Waals surface area contributed by atoms with Crippen molar-refractivity contribution < 1.29 is 18.8 Å². The van der Waals surface area contributed by atoms with Crippen LogP contribution >= 0.6 is 0 Å². The molecule has 5 rings (SSSR count). The number of ether oxygens (including phenoxy) is 1. The van der Waals surface area contributed by atoms with Crippen LogP contribution in [0.15, 0.2) is 12.3 Å². The van der Waals surface area contributed by atoms with Crippen LogP contribution in [0.5, 0.6) is 0 Å². The molecule has 0 N–H and O–H groups in total. The number of rotatable bonds is 1. The molecule has 7 heteroatoms. The summed E-state index contributed by atoms with van der Waals surface area (Å²) in [5.41, 5.74) is 1.54. The number of fused-ring (bicyclic) bond motifs is 1. The van der Waals surface area contributed by atoms with E-state index >= 15 is 0 Å². The van der Waals surface area contributed by atoms with Crippen LogP contribution in [0.25, 0.3) is 0 Å². The summed E-state index contributed by atoms with van der Waals surface area (Å²) in [6.45, 7) is 17.2. The van der Waals surface area contributed by atoms with E-state index in [1.54, 1.807) is 0 Å². The van der Waals surface area contributed by atoms with E-state index in [1.165, 1.54) is 12.0 Å². The van der Waals surface area contributed by atoms with E-state index in [-0.39, 0.29) is 11.6 Å². The first-order chi connectivity index (χ1) is 15.7. The van der Waals surface area contributed by atoms with Crippen LogP contribution in [0.2, 0.25) is 0 Å². The Bertz CT molecular complexity index is 971. The van der Waals surface area contributed by atoms with E-state index < -0.39 is 23.9 Å². The van der Waals surface area contributed by atoms with Crippen LogP contribution in [0.1, 0.15) is 92.3 Å². The maximum atomic E-state index is 13.6. The number of aromatic nitrogens is 1. The molecule has 2 aliphatic heterocycles. The molecule has 0 spiro atoms. The summed E-state index contributed by atoms with van der Waals surface area (Å²) in [5, 5.41) is 0. The van der Waals surface area contributed by atoms with Gasteiger partial charge in [0.2, 0.25) is 0 Å². The Morgan fingerprint density at radius 2 is 1.88 bits per heavy atom. The minimum atomic E-state index is -0.527. The standard InChI is InChI=1S/C27H41BN2O4/c1-17-12-18-13-22-21(14-19(16-29-22)28-33-25(5,6)26(7,8)34-28)27(15-17)20(18)10-9-11-30(27)23(31)32-24(2,3)4/h14,16-18,20H,9-13,15H2,1-8H3. The predicted molar refractivity (Wildman–Crippen MR) is 133 cm³/mol. The molecule has 0 aromatic carbocycles. The summed E-state index contributed by atoms with van der Waals surface area (Å²) in [4.78, 5) is 20.7. The fourth-order valence-corrected chi connectivity index (χ4v) is 6.95. The number of carbonyl (C=O) groups excluding carboxylic acids is 1. The maximum Gasteiger partial charge on any atom is 0.496 e. The van der Waals surface area contributed by atoms with Crippen molar-refractivity contribution in [2.45, 2.75) is 110 Å². The van der Waals surface area contributed by atoms with Gasteiger partial charge in [0.05, 0.1) is 16.7 Å². The Balaban J connectivity index is 1.61. The zero-order chi connectivity index (χ0) is 24.7. The summed E-state index contributed by atoms with van der Waals surface area (Å²) >= 11 is 0. The Labute approximate surface area is 205 Å². The quantitative estimate of drug-likeness (QED) is 0.553. The lowest BCUT2D eigenvalue weighted by Gasteiger charge is -2.61. The molecule has 2 bridgehead atoms. The third kappa shape index (κ3) is 3.69. The highest BCUT2D eigenvalue weighted by Gasteiger charge is 2.60. The van der Waals surface area contributed by atoms with Crippen molar-refractivity contribution in [2.75, 3.05) is 6.54 Å². The zero-order valence-electron chi connectivity index (χ0n) is 22.2. The molecule has 2 saturated heterocycles. The Hall–Kier alpha value is -1.60. The highest BCUT2D eigenvalue weighted by Crippen LogP contribution is 2.58. The van der Waals surface area contributed by atoms with Gasteiger partial charge in [0, 0.05) is 23.9 Å². The van der Waals surface area contributed by atoms with Gasteiger partial charge in [-0.25, -0.2) is 4.79 Å². The highest BCUT2D eigenvalue weighted by atomic mass is 16.7. The zero-order valence-corrected chi connectivity index (χ0v) is 22.2. The van der Waals surface area contributed by atoms with E-state index in [1.807, 2.05) is 27.0 Å². The average Bonchev–Trinajstić information content (AvgIpc) is 2.92. The number of nitrogens with zero attached hydrogens (tertiary/aromatic N) is 2. The molecule has 34 heavy (non-hydrogen) atoms. The van der Waals surface area contributed by atoms with Gasteiger partial charge < -0.3 is 14.0 Å². The molecule has 4 aliphatic rings. The minimum Gasteiger partial charge on any atom is -0.444 e. The molecule has 4 atom stereocenters.